The molecule has 36 heavy (non-hydrogen) atoms. The number of benzene rings is 4. The summed E-state index contributed by atoms with van der Waals surface area (Å²) in [5, 5.41) is 12.4. The maximum atomic E-state index is 13.6. The zero-order chi connectivity index (χ0) is 25.6. The molecule has 0 heterocycles. The predicted octanol–water partition coefficient (Wildman–Crippen LogP) is 5.19. The van der Waals surface area contributed by atoms with Crippen LogP contribution in [0, 0.1) is 21.8 Å². The van der Waals surface area contributed by atoms with Gasteiger partial charge >= 0.3 is 0 Å². The summed E-state index contributed by atoms with van der Waals surface area (Å²) in [6.07, 6.45) is 0. The van der Waals surface area contributed by atoms with E-state index in [2.05, 4.69) is 15.9 Å². The molecule has 0 saturated heterocycles. The maximum Gasteiger partial charge on any atom is 0.282 e. The summed E-state index contributed by atoms with van der Waals surface area (Å²) in [6.45, 7) is 0. The number of nitrogens with zero attached hydrogens (tertiary/aromatic N) is 3. The van der Waals surface area contributed by atoms with E-state index in [1.54, 1.807) is 11.9 Å². The summed E-state index contributed by atoms with van der Waals surface area (Å²) in [7, 11) is -5.63. The molecule has 0 bridgehead atoms. The van der Waals surface area contributed by atoms with Crippen LogP contribution >= 0.6 is 7.05 Å². The van der Waals surface area contributed by atoms with Crippen LogP contribution in [0.2, 0.25) is 0 Å². The van der Waals surface area contributed by atoms with Crippen molar-refractivity contribution in [1.82, 2.24) is 0 Å². The van der Waals surface area contributed by atoms with Crippen LogP contribution in [0.1, 0.15) is 0 Å². The molecule has 0 atom stereocenters. The van der Waals surface area contributed by atoms with E-state index < -0.39 is 22.0 Å². The van der Waals surface area contributed by atoms with E-state index in [-0.39, 0.29) is 10.6 Å². The number of para-hydroxylation sites is 1. The molecule has 7 nitrogen and oxygen atoms in total. The highest BCUT2D eigenvalue weighted by Crippen LogP contribution is 2.48. The van der Waals surface area contributed by atoms with E-state index in [1.165, 1.54) is 12.1 Å². The van der Waals surface area contributed by atoms with Crippen LogP contribution in [0.3, 0.4) is 0 Å². The van der Waals surface area contributed by atoms with Gasteiger partial charge in [-0.25, -0.2) is 0 Å². The predicted molar refractivity (Wildman–Crippen MR) is 144 cm³/mol. The lowest BCUT2D eigenvalue weighted by Crippen LogP contribution is -2.17. The molecule has 0 radical (unpaired) electrons. The minimum Gasteiger partial charge on any atom is -0.304 e. The standard InChI is InChI=1S/C27H22N3O4PS/c1-29(23-11-5-2-6-12-23)21-22-35(25-13-7-3-8-14-25,26-15-9-4-10-16-26)28-36(33,34)27-19-17-24(18-20-27)30(31)32/h2-20H,1H3. The van der Waals surface area contributed by atoms with Crippen LogP contribution in [-0.2, 0) is 10.0 Å². The van der Waals surface area contributed by atoms with Gasteiger partial charge in [0.1, 0.15) is 7.05 Å². The van der Waals surface area contributed by atoms with Gasteiger partial charge in [-0.2, -0.15) is 12.6 Å². The first kappa shape index (κ1) is 24.9. The highest BCUT2D eigenvalue weighted by Gasteiger charge is 2.28. The fourth-order valence-corrected chi connectivity index (χ4v) is 8.61. The Balaban J connectivity index is 1.99. The van der Waals surface area contributed by atoms with Crippen LogP contribution in [-0.4, -0.2) is 20.4 Å². The average molecular weight is 516 g/mol. The van der Waals surface area contributed by atoms with Gasteiger partial charge in [-0.1, -0.05) is 78.9 Å². The van der Waals surface area contributed by atoms with Crippen molar-refractivity contribution in [2.75, 3.05) is 11.9 Å². The minimum absolute atomic E-state index is 0.137. The summed E-state index contributed by atoms with van der Waals surface area (Å²) < 4.78 is 31.7. The first-order chi connectivity index (χ1) is 17.3. The molecule has 0 aliphatic carbocycles. The first-order valence-electron chi connectivity index (χ1n) is 10.9. The van der Waals surface area contributed by atoms with Gasteiger partial charge in [-0.3, -0.25) is 10.1 Å². The van der Waals surface area contributed by atoms with Crippen molar-refractivity contribution in [1.29, 1.82) is 0 Å². The Morgan fingerprint density at radius 3 is 1.72 bits per heavy atom. The number of nitro groups is 1. The van der Waals surface area contributed by atoms with E-state index in [0.717, 1.165) is 17.8 Å². The summed E-state index contributed by atoms with van der Waals surface area (Å²) in [6, 6.07) is 35.6. The monoisotopic (exact) mass is 515 g/mol. The SMILES string of the molecule is CN(C#CP(=NS(=O)(=O)c1ccc([N+](=O)[O-])cc1)(c1ccccc1)c1ccccc1)c1ccccc1. The molecule has 180 valence electrons. The molecule has 0 unspecified atom stereocenters. The normalized spacial score (nSPS) is 11.1. The smallest absolute Gasteiger partial charge is 0.282 e. The van der Waals surface area contributed by atoms with Gasteiger partial charge in [0.2, 0.25) is 0 Å². The van der Waals surface area contributed by atoms with Gasteiger partial charge in [-0.15, -0.1) is 0 Å². The molecule has 0 N–H and O–H groups in total. The van der Waals surface area contributed by atoms with Gasteiger partial charge in [-0.05, 0) is 29.9 Å². The highest BCUT2D eigenvalue weighted by molar-refractivity contribution is 7.98. The topological polar surface area (TPSA) is 92.9 Å². The van der Waals surface area contributed by atoms with Crippen molar-refractivity contribution in [3.63, 3.8) is 0 Å². The maximum absolute atomic E-state index is 13.6. The molecule has 0 saturated carbocycles. The third-order valence-electron chi connectivity index (χ3n) is 5.36. The molecule has 0 aromatic heterocycles. The van der Waals surface area contributed by atoms with Crippen molar-refractivity contribution >= 4 is 39.1 Å². The van der Waals surface area contributed by atoms with Gasteiger partial charge in [0.05, 0.1) is 9.82 Å². The molecular formula is C27H22N3O4PS. The quantitative estimate of drug-likeness (QED) is 0.116. The summed E-state index contributed by atoms with van der Waals surface area (Å²) in [5.74, 6) is 0. The molecule has 4 aromatic rings. The Kier molecular flexibility index (Phi) is 7.35. The Hall–Kier alpha value is -4.18. The fourth-order valence-electron chi connectivity index (χ4n) is 3.49. The Bertz CT molecular complexity index is 1540. The number of hydrogen-bond donors (Lipinski definition) is 0. The van der Waals surface area contributed by atoms with Gasteiger partial charge in [0.25, 0.3) is 15.7 Å². The van der Waals surface area contributed by atoms with E-state index in [9.17, 15) is 18.5 Å². The summed E-state index contributed by atoms with van der Waals surface area (Å²) >= 11 is 0. The molecule has 0 fully saturated rings. The molecule has 9 heteroatoms. The summed E-state index contributed by atoms with van der Waals surface area (Å²) in [5.41, 5.74) is 3.90. The van der Waals surface area contributed by atoms with Crippen molar-refractivity contribution < 1.29 is 13.3 Å². The molecule has 4 rings (SSSR count). The minimum atomic E-state index is -4.24. The molecule has 0 amide bonds. The van der Waals surface area contributed by atoms with Crippen LogP contribution in [0.4, 0.5) is 11.4 Å². The third-order valence-corrected chi connectivity index (χ3v) is 10.6. The lowest BCUT2D eigenvalue weighted by molar-refractivity contribution is -0.384. The Labute approximate surface area is 210 Å². The number of anilines is 1. The van der Waals surface area contributed by atoms with E-state index in [0.29, 0.717) is 10.6 Å². The van der Waals surface area contributed by atoms with E-state index in [1.807, 2.05) is 91.0 Å². The van der Waals surface area contributed by atoms with Crippen LogP contribution in [0.5, 0.6) is 0 Å². The molecule has 0 aliphatic heterocycles. The lowest BCUT2D eigenvalue weighted by atomic mass is 10.3. The van der Waals surface area contributed by atoms with Crippen molar-refractivity contribution in [3.8, 4) is 11.7 Å². The second-order valence-corrected chi connectivity index (χ2v) is 12.3. The lowest BCUT2D eigenvalue weighted by Gasteiger charge is -2.20. The zero-order valence-electron chi connectivity index (χ0n) is 19.3. The number of non-ortho nitro benzene ring substituents is 1. The Morgan fingerprint density at radius 2 is 1.25 bits per heavy atom. The molecule has 4 aromatic carbocycles. The Morgan fingerprint density at radius 1 is 0.778 bits per heavy atom. The van der Waals surface area contributed by atoms with Crippen LogP contribution in [0.15, 0.2) is 124 Å². The van der Waals surface area contributed by atoms with Crippen LogP contribution in [0.25, 0.3) is 0 Å². The number of rotatable bonds is 6. The second kappa shape index (κ2) is 10.6. The number of hydrogen-bond acceptors (Lipinski definition) is 5. The third kappa shape index (κ3) is 5.38. The summed E-state index contributed by atoms with van der Waals surface area (Å²) in [4.78, 5) is 12.1. The molecule has 0 spiro atoms. The largest absolute Gasteiger partial charge is 0.304 e. The first-order valence-corrected chi connectivity index (χ1v) is 14.1. The van der Waals surface area contributed by atoms with Crippen molar-refractivity contribution in [2.45, 2.75) is 4.90 Å². The van der Waals surface area contributed by atoms with Crippen LogP contribution < -0.4 is 15.5 Å². The van der Waals surface area contributed by atoms with Crippen molar-refractivity contribution in [3.05, 3.63) is 125 Å². The average Bonchev–Trinajstić information content (AvgIpc) is 2.92. The number of nitro benzene ring substituents is 1. The van der Waals surface area contributed by atoms with Gasteiger partial charge in [0.15, 0.2) is 0 Å². The zero-order valence-corrected chi connectivity index (χ0v) is 21.0. The van der Waals surface area contributed by atoms with Gasteiger partial charge in [0, 0.05) is 41.5 Å². The second-order valence-electron chi connectivity index (χ2n) is 7.73. The van der Waals surface area contributed by atoms with E-state index in [4.69, 9.17) is 0 Å². The number of sulfonamides is 1. The fraction of sp³-hybridized carbons (Fsp3) is 0.0370. The molecular weight excluding hydrogens is 493 g/mol. The van der Waals surface area contributed by atoms with E-state index >= 15 is 0 Å². The molecule has 0 aliphatic rings. The van der Waals surface area contributed by atoms with Gasteiger partial charge < -0.3 is 4.90 Å². The van der Waals surface area contributed by atoms with Crippen molar-refractivity contribution in [2.24, 2.45) is 4.15 Å². The highest BCUT2D eigenvalue weighted by atomic mass is 32.2.